The van der Waals surface area contributed by atoms with Crippen LogP contribution in [-0.2, 0) is 16.6 Å². The zero-order chi connectivity index (χ0) is 24.3. The Hall–Kier alpha value is -2.71. The van der Waals surface area contributed by atoms with E-state index in [1.54, 1.807) is 34.6 Å². The Morgan fingerprint density at radius 3 is 2.41 bits per heavy atom. The monoisotopic (exact) mass is 484 g/mol. The summed E-state index contributed by atoms with van der Waals surface area (Å²) in [6.45, 7) is 10.2. The summed E-state index contributed by atoms with van der Waals surface area (Å²) in [5, 5.41) is 5.66. The molecule has 1 saturated carbocycles. The van der Waals surface area contributed by atoms with E-state index in [9.17, 15) is 12.8 Å². The third-order valence-electron chi connectivity index (χ3n) is 6.66. The first-order valence-corrected chi connectivity index (χ1v) is 13.5. The Labute approximate surface area is 201 Å². The van der Waals surface area contributed by atoms with Crippen molar-refractivity contribution in [2.24, 2.45) is 0 Å². The lowest BCUT2D eigenvalue weighted by atomic mass is 10.2. The van der Waals surface area contributed by atoms with Crippen LogP contribution in [0.15, 0.2) is 60.0 Å². The van der Waals surface area contributed by atoms with Crippen LogP contribution < -0.4 is 4.90 Å². The first kappa shape index (κ1) is 24.4. The van der Waals surface area contributed by atoms with Gasteiger partial charge in [-0.2, -0.15) is 9.40 Å². The minimum Gasteiger partial charge on any atom is -0.355 e. The molecular formula is C26H33FN4O2S. The fourth-order valence-electron chi connectivity index (χ4n) is 4.84. The summed E-state index contributed by atoms with van der Waals surface area (Å²) in [5.41, 5.74) is 1.77. The van der Waals surface area contributed by atoms with Crippen LogP contribution in [0.3, 0.4) is 0 Å². The Kier molecular flexibility index (Phi) is 7.38. The van der Waals surface area contributed by atoms with E-state index in [1.165, 1.54) is 12.1 Å². The molecule has 0 saturated heterocycles. The second kappa shape index (κ2) is 10.3. The topological polar surface area (TPSA) is 58.4 Å². The normalized spacial score (nSPS) is 14.8. The van der Waals surface area contributed by atoms with Gasteiger partial charge in [0.05, 0.1) is 17.0 Å². The quantitative estimate of drug-likeness (QED) is 0.372. The second-order valence-corrected chi connectivity index (χ2v) is 10.7. The standard InChI is InChI=1S/C26H33FN4O2S/c1-4-17-31(22-9-7-8-10-22)34(32,33)23-15-16-25-24(18-23)26(29(5-2)6-3)28-30(25)19-20-11-13-21(27)14-12-20/h4,11-16,18,22H,1,5-10,17,19H2,2-3H3. The van der Waals surface area contributed by atoms with Crippen LogP contribution in [-0.4, -0.2) is 48.2 Å². The summed E-state index contributed by atoms with van der Waals surface area (Å²) in [6, 6.07) is 11.7. The molecule has 34 heavy (non-hydrogen) atoms. The van der Waals surface area contributed by atoms with Crippen molar-refractivity contribution < 1.29 is 12.8 Å². The number of benzene rings is 2. The summed E-state index contributed by atoms with van der Waals surface area (Å²) >= 11 is 0. The zero-order valence-corrected chi connectivity index (χ0v) is 20.8. The molecule has 2 aromatic carbocycles. The fraction of sp³-hybridized carbons (Fsp3) is 0.423. The van der Waals surface area contributed by atoms with Gasteiger partial charge in [-0.05, 0) is 62.6 Å². The summed E-state index contributed by atoms with van der Waals surface area (Å²) < 4.78 is 44.3. The van der Waals surface area contributed by atoms with Crippen LogP contribution in [0, 0.1) is 5.82 Å². The molecule has 6 nitrogen and oxygen atoms in total. The van der Waals surface area contributed by atoms with Gasteiger partial charge in [0, 0.05) is 31.1 Å². The van der Waals surface area contributed by atoms with Crippen molar-refractivity contribution in [3.05, 3.63) is 66.5 Å². The van der Waals surface area contributed by atoms with Crippen LogP contribution >= 0.6 is 0 Å². The molecule has 0 radical (unpaired) electrons. The maximum atomic E-state index is 13.7. The van der Waals surface area contributed by atoms with Gasteiger partial charge in [-0.3, -0.25) is 4.68 Å². The highest BCUT2D eigenvalue weighted by molar-refractivity contribution is 7.89. The molecule has 0 bridgehead atoms. The molecule has 0 unspecified atom stereocenters. The molecule has 1 aromatic heterocycles. The summed E-state index contributed by atoms with van der Waals surface area (Å²) in [5.74, 6) is 0.481. The lowest BCUT2D eigenvalue weighted by molar-refractivity contribution is 0.347. The number of aromatic nitrogens is 2. The van der Waals surface area contributed by atoms with Crippen molar-refractivity contribution in [2.45, 2.75) is 57.0 Å². The van der Waals surface area contributed by atoms with Gasteiger partial charge in [0.25, 0.3) is 0 Å². The van der Waals surface area contributed by atoms with Gasteiger partial charge >= 0.3 is 0 Å². The number of sulfonamides is 1. The van der Waals surface area contributed by atoms with Gasteiger partial charge in [-0.15, -0.1) is 6.58 Å². The molecule has 0 aliphatic heterocycles. The van der Waals surface area contributed by atoms with Crippen molar-refractivity contribution in [2.75, 3.05) is 24.5 Å². The maximum absolute atomic E-state index is 13.7. The molecule has 1 fully saturated rings. The molecular weight excluding hydrogens is 451 g/mol. The van der Waals surface area contributed by atoms with Crippen LogP contribution in [0.5, 0.6) is 0 Å². The number of fused-ring (bicyclic) bond motifs is 1. The van der Waals surface area contributed by atoms with Gasteiger partial charge in [-0.25, -0.2) is 12.8 Å². The average Bonchev–Trinajstić information content (AvgIpc) is 3.48. The zero-order valence-electron chi connectivity index (χ0n) is 20.0. The smallest absolute Gasteiger partial charge is 0.243 e. The fourth-order valence-corrected chi connectivity index (χ4v) is 6.52. The van der Waals surface area contributed by atoms with Crippen LogP contribution in [0.1, 0.15) is 45.1 Å². The number of hydrogen-bond donors (Lipinski definition) is 0. The molecule has 0 atom stereocenters. The van der Waals surface area contributed by atoms with Crippen molar-refractivity contribution >= 4 is 26.7 Å². The first-order valence-electron chi connectivity index (χ1n) is 12.0. The van der Waals surface area contributed by atoms with Gasteiger partial charge in [0.2, 0.25) is 10.0 Å². The number of halogens is 1. The Balaban J connectivity index is 1.80. The molecule has 0 spiro atoms. The van der Waals surface area contributed by atoms with E-state index in [2.05, 4.69) is 25.3 Å². The van der Waals surface area contributed by atoms with Crippen LogP contribution in [0.25, 0.3) is 10.9 Å². The number of anilines is 1. The Morgan fingerprint density at radius 2 is 1.79 bits per heavy atom. The minimum absolute atomic E-state index is 0.0159. The predicted molar refractivity (Wildman–Crippen MR) is 135 cm³/mol. The molecule has 8 heteroatoms. The van der Waals surface area contributed by atoms with Gasteiger partial charge < -0.3 is 4.90 Å². The number of rotatable bonds is 10. The Morgan fingerprint density at radius 1 is 1.12 bits per heavy atom. The molecule has 1 aliphatic carbocycles. The predicted octanol–water partition coefficient (Wildman–Crippen LogP) is 5.19. The summed E-state index contributed by atoms with van der Waals surface area (Å²) in [4.78, 5) is 2.40. The second-order valence-electron chi connectivity index (χ2n) is 8.76. The lowest BCUT2D eigenvalue weighted by Crippen LogP contribution is -2.38. The summed E-state index contributed by atoms with van der Waals surface area (Å²) in [6.07, 6.45) is 5.53. The van der Waals surface area contributed by atoms with Gasteiger partial charge in [-0.1, -0.05) is 31.1 Å². The van der Waals surface area contributed by atoms with Gasteiger partial charge in [0.1, 0.15) is 5.82 Å². The van der Waals surface area contributed by atoms with Crippen molar-refractivity contribution in [3.8, 4) is 0 Å². The van der Waals surface area contributed by atoms with Crippen LogP contribution in [0.2, 0.25) is 0 Å². The third kappa shape index (κ3) is 4.74. The first-order chi connectivity index (χ1) is 16.4. The van der Waals surface area contributed by atoms with Gasteiger partial charge in [0.15, 0.2) is 5.82 Å². The molecule has 3 aromatic rings. The average molecular weight is 485 g/mol. The summed E-state index contributed by atoms with van der Waals surface area (Å²) in [7, 11) is -3.68. The van der Waals surface area contributed by atoms with Crippen molar-refractivity contribution in [1.82, 2.24) is 14.1 Å². The van der Waals surface area contributed by atoms with E-state index in [0.717, 1.165) is 61.1 Å². The number of hydrogen-bond acceptors (Lipinski definition) is 4. The Bertz CT molecular complexity index is 1240. The van der Waals surface area contributed by atoms with E-state index in [4.69, 9.17) is 5.10 Å². The van der Waals surface area contributed by atoms with E-state index >= 15 is 0 Å². The van der Waals surface area contributed by atoms with E-state index < -0.39 is 10.0 Å². The highest BCUT2D eigenvalue weighted by atomic mass is 32.2. The van der Waals surface area contributed by atoms with E-state index in [-0.39, 0.29) is 16.8 Å². The molecule has 4 rings (SSSR count). The number of nitrogens with zero attached hydrogens (tertiary/aromatic N) is 4. The minimum atomic E-state index is -3.68. The molecule has 1 aliphatic rings. The maximum Gasteiger partial charge on any atom is 0.243 e. The van der Waals surface area contributed by atoms with Crippen molar-refractivity contribution in [3.63, 3.8) is 0 Å². The third-order valence-corrected chi connectivity index (χ3v) is 8.57. The van der Waals surface area contributed by atoms with Crippen LogP contribution in [0.4, 0.5) is 10.2 Å². The molecule has 0 N–H and O–H groups in total. The largest absolute Gasteiger partial charge is 0.355 e. The SMILES string of the molecule is C=CCN(C1CCCC1)S(=O)(=O)c1ccc2c(c1)c(N(CC)CC)nn2Cc1ccc(F)cc1. The molecule has 182 valence electrons. The van der Waals surface area contributed by atoms with Crippen molar-refractivity contribution in [1.29, 1.82) is 0 Å². The van der Waals surface area contributed by atoms with E-state index in [1.807, 2.05) is 10.7 Å². The molecule has 0 amide bonds. The molecule has 1 heterocycles. The lowest BCUT2D eigenvalue weighted by Gasteiger charge is -2.27. The van der Waals surface area contributed by atoms with E-state index in [0.29, 0.717) is 13.1 Å². The highest BCUT2D eigenvalue weighted by Gasteiger charge is 2.33. The highest BCUT2D eigenvalue weighted by Crippen LogP contribution is 2.33.